The summed E-state index contributed by atoms with van der Waals surface area (Å²) in [5.41, 5.74) is 2.76. The van der Waals surface area contributed by atoms with E-state index in [1.807, 2.05) is 19.9 Å². The molecule has 7 heteroatoms. The molecule has 0 aliphatic heterocycles. The van der Waals surface area contributed by atoms with Crippen LogP contribution in [-0.4, -0.2) is 19.9 Å². The Balaban J connectivity index is 1.96. The van der Waals surface area contributed by atoms with Gasteiger partial charge in [0.2, 0.25) is 10.0 Å². The maximum Gasteiger partial charge on any atom is 0.250 e. The monoisotopic (exact) mass is 302 g/mol. The molecule has 98 valence electrons. The Morgan fingerprint density at radius 1 is 1.33 bits per heavy atom. The Labute approximate surface area is 115 Å². The molecule has 0 aliphatic carbocycles. The van der Waals surface area contributed by atoms with Crippen molar-refractivity contribution in [1.82, 2.24) is 9.71 Å². The van der Waals surface area contributed by atoms with Crippen molar-refractivity contribution in [2.45, 2.75) is 24.5 Å². The number of hydrogen-bond donors (Lipinski definition) is 1. The highest BCUT2D eigenvalue weighted by molar-refractivity contribution is 7.91. The summed E-state index contributed by atoms with van der Waals surface area (Å²) in [5, 5.41) is 0. The summed E-state index contributed by atoms with van der Waals surface area (Å²) in [5.74, 6) is 0. The van der Waals surface area contributed by atoms with Crippen LogP contribution in [0.4, 0.5) is 0 Å². The molecule has 2 heterocycles. The third-order valence-corrected chi connectivity index (χ3v) is 6.42. The van der Waals surface area contributed by atoms with E-state index in [9.17, 15) is 8.42 Å². The second-order valence-corrected chi connectivity index (χ2v) is 8.09. The van der Waals surface area contributed by atoms with Crippen LogP contribution in [0.5, 0.6) is 0 Å². The van der Waals surface area contributed by atoms with Crippen LogP contribution < -0.4 is 4.72 Å². The SMILES string of the molecule is Cc1ccc(S(=O)(=O)NCCc2scnc2C)s1. The van der Waals surface area contributed by atoms with Crippen LogP contribution in [0.15, 0.2) is 21.9 Å². The first-order valence-electron chi connectivity index (χ1n) is 5.44. The van der Waals surface area contributed by atoms with Crippen LogP contribution in [0.2, 0.25) is 0 Å². The lowest BCUT2D eigenvalue weighted by atomic mass is 10.3. The molecule has 0 spiro atoms. The number of aromatic nitrogens is 1. The van der Waals surface area contributed by atoms with Crippen molar-refractivity contribution in [2.24, 2.45) is 0 Å². The zero-order valence-electron chi connectivity index (χ0n) is 10.1. The van der Waals surface area contributed by atoms with Crippen LogP contribution in [0.3, 0.4) is 0 Å². The highest BCUT2D eigenvalue weighted by Crippen LogP contribution is 2.20. The highest BCUT2D eigenvalue weighted by Gasteiger charge is 2.15. The van der Waals surface area contributed by atoms with Gasteiger partial charge in [-0.3, -0.25) is 0 Å². The molecule has 0 bridgehead atoms. The predicted molar refractivity (Wildman–Crippen MR) is 74.8 cm³/mol. The molecule has 2 aromatic rings. The molecule has 2 aromatic heterocycles. The van der Waals surface area contributed by atoms with Crippen molar-refractivity contribution in [2.75, 3.05) is 6.54 Å². The molecule has 18 heavy (non-hydrogen) atoms. The maximum absolute atomic E-state index is 11.9. The van der Waals surface area contributed by atoms with Crippen LogP contribution in [0.1, 0.15) is 15.4 Å². The van der Waals surface area contributed by atoms with Crippen molar-refractivity contribution < 1.29 is 8.42 Å². The van der Waals surface area contributed by atoms with E-state index in [2.05, 4.69) is 9.71 Å². The van der Waals surface area contributed by atoms with E-state index in [0.29, 0.717) is 17.2 Å². The molecule has 0 saturated carbocycles. The number of sulfonamides is 1. The van der Waals surface area contributed by atoms with E-state index < -0.39 is 10.0 Å². The van der Waals surface area contributed by atoms with Gasteiger partial charge in [0, 0.05) is 16.3 Å². The molecule has 0 radical (unpaired) electrons. The summed E-state index contributed by atoms with van der Waals surface area (Å²) < 4.78 is 26.9. The first-order valence-corrected chi connectivity index (χ1v) is 8.62. The minimum absolute atomic E-state index is 0.376. The average molecular weight is 302 g/mol. The van der Waals surface area contributed by atoms with Crippen LogP contribution >= 0.6 is 22.7 Å². The van der Waals surface area contributed by atoms with Gasteiger partial charge >= 0.3 is 0 Å². The quantitative estimate of drug-likeness (QED) is 0.922. The lowest BCUT2D eigenvalue weighted by Crippen LogP contribution is -2.25. The number of thiazole rings is 1. The Morgan fingerprint density at radius 2 is 2.11 bits per heavy atom. The number of hydrogen-bond acceptors (Lipinski definition) is 5. The first kappa shape index (κ1) is 13.7. The second kappa shape index (κ2) is 5.48. The van der Waals surface area contributed by atoms with Crippen LogP contribution in [0, 0.1) is 13.8 Å². The molecule has 1 N–H and O–H groups in total. The molecule has 0 saturated heterocycles. The lowest BCUT2D eigenvalue weighted by molar-refractivity contribution is 0.584. The summed E-state index contributed by atoms with van der Waals surface area (Å²) in [6.07, 6.45) is 0.681. The smallest absolute Gasteiger partial charge is 0.250 e. The molecule has 0 fully saturated rings. The van der Waals surface area contributed by atoms with Crippen molar-refractivity contribution in [3.63, 3.8) is 0 Å². The largest absolute Gasteiger partial charge is 0.250 e. The second-order valence-electron chi connectivity index (χ2n) is 3.87. The molecule has 4 nitrogen and oxygen atoms in total. The van der Waals surface area contributed by atoms with Gasteiger partial charge in [0.25, 0.3) is 0 Å². The van der Waals surface area contributed by atoms with Crippen molar-refractivity contribution in [3.05, 3.63) is 33.1 Å². The minimum Gasteiger partial charge on any atom is -0.250 e. The van der Waals surface area contributed by atoms with Crippen LogP contribution in [0.25, 0.3) is 0 Å². The normalized spacial score (nSPS) is 11.9. The van der Waals surface area contributed by atoms with Gasteiger partial charge in [0.05, 0.1) is 11.2 Å². The van der Waals surface area contributed by atoms with Gasteiger partial charge in [-0.2, -0.15) is 0 Å². The Bertz CT molecular complexity index is 628. The Hall–Kier alpha value is -0.760. The standard InChI is InChI=1S/C11H14N2O2S3/c1-8-3-4-11(17-8)18(14,15)13-6-5-10-9(2)12-7-16-10/h3-4,7,13H,5-6H2,1-2H3. The van der Waals surface area contributed by atoms with E-state index in [4.69, 9.17) is 0 Å². The van der Waals surface area contributed by atoms with Gasteiger partial charge in [-0.05, 0) is 32.4 Å². The van der Waals surface area contributed by atoms with Crippen LogP contribution in [-0.2, 0) is 16.4 Å². The van der Waals surface area contributed by atoms with Gasteiger partial charge < -0.3 is 0 Å². The van der Waals surface area contributed by atoms with Gasteiger partial charge in [0.15, 0.2) is 0 Å². The molecular weight excluding hydrogens is 288 g/mol. The minimum atomic E-state index is -3.35. The fourth-order valence-electron chi connectivity index (χ4n) is 1.49. The third kappa shape index (κ3) is 3.17. The molecular formula is C11H14N2O2S3. The number of nitrogens with one attached hydrogen (secondary N) is 1. The van der Waals surface area contributed by atoms with E-state index in [-0.39, 0.29) is 0 Å². The Morgan fingerprint density at radius 3 is 2.67 bits per heavy atom. The molecule has 0 amide bonds. The predicted octanol–water partition coefficient (Wildman–Crippen LogP) is 2.34. The lowest BCUT2D eigenvalue weighted by Gasteiger charge is -2.03. The van der Waals surface area contributed by atoms with E-state index in [1.54, 1.807) is 22.9 Å². The summed E-state index contributed by atoms with van der Waals surface area (Å²) in [6, 6.07) is 3.45. The molecule has 0 aromatic carbocycles. The highest BCUT2D eigenvalue weighted by atomic mass is 32.2. The topological polar surface area (TPSA) is 59.1 Å². The molecule has 0 atom stereocenters. The van der Waals surface area contributed by atoms with Gasteiger partial charge in [0.1, 0.15) is 4.21 Å². The van der Waals surface area contributed by atoms with E-state index in [0.717, 1.165) is 15.4 Å². The zero-order chi connectivity index (χ0) is 13.2. The van der Waals surface area contributed by atoms with Crippen molar-refractivity contribution >= 4 is 32.7 Å². The first-order chi connectivity index (χ1) is 8.49. The molecule has 2 rings (SSSR count). The number of thiophene rings is 1. The number of aryl methyl sites for hydroxylation is 2. The van der Waals surface area contributed by atoms with E-state index >= 15 is 0 Å². The summed E-state index contributed by atoms with van der Waals surface area (Å²) >= 11 is 2.84. The number of nitrogens with zero attached hydrogens (tertiary/aromatic N) is 1. The van der Waals surface area contributed by atoms with Crippen molar-refractivity contribution in [1.29, 1.82) is 0 Å². The Kier molecular flexibility index (Phi) is 4.16. The average Bonchev–Trinajstić information content (AvgIpc) is 2.89. The summed E-state index contributed by atoms with van der Waals surface area (Å²) in [4.78, 5) is 6.26. The molecule has 0 aliphatic rings. The van der Waals surface area contributed by atoms with Gasteiger partial charge in [-0.15, -0.1) is 22.7 Å². The maximum atomic E-state index is 11.9. The van der Waals surface area contributed by atoms with Gasteiger partial charge in [-0.25, -0.2) is 18.1 Å². The van der Waals surface area contributed by atoms with Crippen molar-refractivity contribution in [3.8, 4) is 0 Å². The van der Waals surface area contributed by atoms with Gasteiger partial charge in [-0.1, -0.05) is 0 Å². The fourth-order valence-corrected chi connectivity index (χ4v) is 4.63. The third-order valence-electron chi connectivity index (χ3n) is 2.47. The fraction of sp³-hybridized carbons (Fsp3) is 0.364. The molecule has 0 unspecified atom stereocenters. The summed E-state index contributed by atoms with van der Waals surface area (Å²) in [7, 11) is -3.35. The van der Waals surface area contributed by atoms with E-state index in [1.165, 1.54) is 11.3 Å². The number of rotatable bonds is 5. The summed E-state index contributed by atoms with van der Waals surface area (Å²) in [6.45, 7) is 4.23. The zero-order valence-corrected chi connectivity index (χ0v) is 12.6.